The number of rotatable bonds is 5. The van der Waals surface area contributed by atoms with Gasteiger partial charge in [0.05, 0.1) is 31.7 Å². The second-order valence-corrected chi connectivity index (χ2v) is 7.51. The summed E-state index contributed by atoms with van der Waals surface area (Å²) in [6, 6.07) is 24.7. The highest BCUT2D eigenvalue weighted by atomic mass is 79.9. The number of hydrazone groups is 1. The normalized spacial score (nSPS) is 16.0. The first-order valence-electron chi connectivity index (χ1n) is 9.08. The fourth-order valence-electron chi connectivity index (χ4n) is 3.41. The standard InChI is InChI=1S/C23H21BrN2O2/c1-27-20-10-6-16(7-11-20)22-15-23(17-8-12-21(28-2)13-9-17)26(25-22)19-5-3-4-18(24)14-19/h3-14,23H,15H2,1-2H3/t23-/m1/s1. The van der Waals surface area contributed by atoms with Crippen LogP contribution in [0.15, 0.2) is 82.4 Å². The minimum Gasteiger partial charge on any atom is -0.497 e. The summed E-state index contributed by atoms with van der Waals surface area (Å²) in [5.41, 5.74) is 4.42. The molecule has 5 heteroatoms. The van der Waals surface area contributed by atoms with Gasteiger partial charge in [0.25, 0.3) is 0 Å². The monoisotopic (exact) mass is 436 g/mol. The molecule has 0 saturated heterocycles. The van der Waals surface area contributed by atoms with Gasteiger partial charge in [-0.3, -0.25) is 5.01 Å². The van der Waals surface area contributed by atoms with Gasteiger partial charge in [-0.2, -0.15) is 5.10 Å². The summed E-state index contributed by atoms with van der Waals surface area (Å²) in [6.07, 6.45) is 0.825. The molecule has 4 nitrogen and oxygen atoms in total. The smallest absolute Gasteiger partial charge is 0.118 e. The third kappa shape index (κ3) is 3.76. The van der Waals surface area contributed by atoms with Crippen molar-refractivity contribution in [1.82, 2.24) is 0 Å². The molecule has 0 bridgehead atoms. The summed E-state index contributed by atoms with van der Waals surface area (Å²) in [5, 5.41) is 7.09. The van der Waals surface area contributed by atoms with Crippen LogP contribution in [0.3, 0.4) is 0 Å². The van der Waals surface area contributed by atoms with E-state index < -0.39 is 0 Å². The highest BCUT2D eigenvalue weighted by Crippen LogP contribution is 2.38. The molecule has 142 valence electrons. The Bertz CT molecular complexity index is 984. The number of nitrogens with zero attached hydrogens (tertiary/aromatic N) is 2. The number of benzene rings is 3. The molecule has 3 aromatic rings. The van der Waals surface area contributed by atoms with Crippen molar-refractivity contribution in [1.29, 1.82) is 0 Å². The summed E-state index contributed by atoms with van der Waals surface area (Å²) in [5.74, 6) is 1.70. The minimum atomic E-state index is 0.123. The summed E-state index contributed by atoms with van der Waals surface area (Å²) in [4.78, 5) is 0. The van der Waals surface area contributed by atoms with Crippen molar-refractivity contribution in [3.8, 4) is 11.5 Å². The molecular weight excluding hydrogens is 416 g/mol. The van der Waals surface area contributed by atoms with E-state index in [0.717, 1.165) is 39.4 Å². The van der Waals surface area contributed by atoms with Crippen molar-refractivity contribution in [2.75, 3.05) is 19.2 Å². The average Bonchev–Trinajstić information content (AvgIpc) is 3.19. The van der Waals surface area contributed by atoms with Crippen LogP contribution in [0, 0.1) is 0 Å². The van der Waals surface area contributed by atoms with E-state index >= 15 is 0 Å². The van der Waals surface area contributed by atoms with E-state index in [-0.39, 0.29) is 6.04 Å². The second kappa shape index (κ2) is 8.07. The molecule has 0 saturated carbocycles. The van der Waals surface area contributed by atoms with Crippen molar-refractivity contribution in [2.24, 2.45) is 5.10 Å². The van der Waals surface area contributed by atoms with Gasteiger partial charge in [-0.25, -0.2) is 0 Å². The zero-order chi connectivity index (χ0) is 19.5. The predicted octanol–water partition coefficient (Wildman–Crippen LogP) is 5.82. The lowest BCUT2D eigenvalue weighted by Gasteiger charge is -2.24. The zero-order valence-corrected chi connectivity index (χ0v) is 17.4. The Balaban J connectivity index is 1.71. The lowest BCUT2D eigenvalue weighted by molar-refractivity contribution is 0.414. The van der Waals surface area contributed by atoms with Crippen molar-refractivity contribution >= 4 is 27.3 Å². The number of hydrogen-bond acceptors (Lipinski definition) is 4. The molecule has 1 heterocycles. The minimum absolute atomic E-state index is 0.123. The molecule has 0 unspecified atom stereocenters. The Morgan fingerprint density at radius 2 is 1.54 bits per heavy atom. The molecule has 0 fully saturated rings. The Morgan fingerprint density at radius 3 is 2.14 bits per heavy atom. The van der Waals surface area contributed by atoms with Gasteiger partial charge in [-0.1, -0.05) is 34.1 Å². The van der Waals surface area contributed by atoms with E-state index in [1.807, 2.05) is 36.4 Å². The summed E-state index contributed by atoms with van der Waals surface area (Å²) >= 11 is 3.57. The van der Waals surface area contributed by atoms with E-state index in [9.17, 15) is 0 Å². The summed E-state index contributed by atoms with van der Waals surface area (Å²) in [6.45, 7) is 0. The average molecular weight is 437 g/mol. The Morgan fingerprint density at radius 1 is 0.893 bits per heavy atom. The van der Waals surface area contributed by atoms with Crippen LogP contribution in [0.5, 0.6) is 11.5 Å². The van der Waals surface area contributed by atoms with Gasteiger partial charge >= 0.3 is 0 Å². The van der Waals surface area contributed by atoms with Crippen molar-refractivity contribution < 1.29 is 9.47 Å². The Hall–Kier alpha value is -2.79. The molecule has 0 N–H and O–H groups in total. The molecule has 1 aliphatic heterocycles. The molecule has 0 spiro atoms. The summed E-state index contributed by atoms with van der Waals surface area (Å²) in [7, 11) is 3.36. The van der Waals surface area contributed by atoms with Crippen LogP contribution >= 0.6 is 15.9 Å². The number of ether oxygens (including phenoxy) is 2. The fraction of sp³-hybridized carbons (Fsp3) is 0.174. The topological polar surface area (TPSA) is 34.1 Å². The molecule has 0 radical (unpaired) electrons. The van der Waals surface area contributed by atoms with Crippen molar-refractivity contribution in [3.63, 3.8) is 0 Å². The lowest BCUT2D eigenvalue weighted by atomic mass is 9.98. The predicted molar refractivity (Wildman–Crippen MR) is 117 cm³/mol. The SMILES string of the molecule is COc1ccc(C2=NN(c3cccc(Br)c3)[C@@H](c3ccc(OC)cc3)C2)cc1. The first-order chi connectivity index (χ1) is 13.7. The third-order valence-electron chi connectivity index (χ3n) is 4.91. The molecule has 3 aromatic carbocycles. The van der Waals surface area contributed by atoms with E-state index in [2.05, 4.69) is 57.3 Å². The largest absolute Gasteiger partial charge is 0.497 e. The van der Waals surface area contributed by atoms with Crippen LogP contribution in [0.4, 0.5) is 5.69 Å². The maximum absolute atomic E-state index is 5.31. The Kier molecular flexibility index (Phi) is 5.35. The zero-order valence-electron chi connectivity index (χ0n) is 15.8. The molecular formula is C23H21BrN2O2. The van der Waals surface area contributed by atoms with Gasteiger partial charge in [-0.05, 0) is 65.7 Å². The number of halogens is 1. The van der Waals surface area contributed by atoms with Gasteiger partial charge in [0.2, 0.25) is 0 Å². The Labute approximate surface area is 173 Å². The van der Waals surface area contributed by atoms with E-state index in [4.69, 9.17) is 14.6 Å². The highest BCUT2D eigenvalue weighted by Gasteiger charge is 2.30. The molecule has 0 amide bonds. The lowest BCUT2D eigenvalue weighted by Crippen LogP contribution is -2.18. The van der Waals surface area contributed by atoms with Crippen LogP contribution in [-0.4, -0.2) is 19.9 Å². The van der Waals surface area contributed by atoms with Crippen LogP contribution in [0.2, 0.25) is 0 Å². The van der Waals surface area contributed by atoms with Gasteiger partial charge < -0.3 is 9.47 Å². The van der Waals surface area contributed by atoms with E-state index in [1.54, 1.807) is 14.2 Å². The molecule has 1 atom stereocenters. The maximum Gasteiger partial charge on any atom is 0.118 e. The number of anilines is 1. The first kappa shape index (κ1) is 18.6. The quantitative estimate of drug-likeness (QED) is 0.504. The fourth-order valence-corrected chi connectivity index (χ4v) is 3.80. The first-order valence-corrected chi connectivity index (χ1v) is 9.88. The highest BCUT2D eigenvalue weighted by molar-refractivity contribution is 9.10. The van der Waals surface area contributed by atoms with Gasteiger partial charge in [0.1, 0.15) is 11.5 Å². The molecule has 0 aromatic heterocycles. The summed E-state index contributed by atoms with van der Waals surface area (Å²) < 4.78 is 11.6. The molecule has 4 rings (SSSR count). The van der Waals surface area contributed by atoms with Crippen LogP contribution < -0.4 is 14.5 Å². The molecule has 28 heavy (non-hydrogen) atoms. The van der Waals surface area contributed by atoms with Gasteiger partial charge in [0, 0.05) is 10.9 Å². The van der Waals surface area contributed by atoms with Crippen LogP contribution in [0.1, 0.15) is 23.6 Å². The third-order valence-corrected chi connectivity index (χ3v) is 5.40. The van der Waals surface area contributed by atoms with Crippen LogP contribution in [0.25, 0.3) is 0 Å². The van der Waals surface area contributed by atoms with Crippen molar-refractivity contribution in [2.45, 2.75) is 12.5 Å². The van der Waals surface area contributed by atoms with E-state index in [0.29, 0.717) is 0 Å². The van der Waals surface area contributed by atoms with Gasteiger partial charge in [0.15, 0.2) is 0 Å². The van der Waals surface area contributed by atoms with E-state index in [1.165, 1.54) is 5.56 Å². The number of hydrogen-bond donors (Lipinski definition) is 0. The number of methoxy groups -OCH3 is 2. The van der Waals surface area contributed by atoms with Crippen LogP contribution in [-0.2, 0) is 0 Å². The van der Waals surface area contributed by atoms with Crippen molar-refractivity contribution in [3.05, 3.63) is 88.4 Å². The second-order valence-electron chi connectivity index (χ2n) is 6.59. The van der Waals surface area contributed by atoms with Gasteiger partial charge in [-0.15, -0.1) is 0 Å². The molecule has 0 aliphatic carbocycles. The molecule has 1 aliphatic rings. The maximum atomic E-state index is 5.31.